The first kappa shape index (κ1) is 16.6. The van der Waals surface area contributed by atoms with Gasteiger partial charge in [-0.25, -0.2) is 0 Å². The van der Waals surface area contributed by atoms with Crippen LogP contribution in [0.2, 0.25) is 5.02 Å². The minimum Gasteiger partial charge on any atom is -0.493 e. The van der Waals surface area contributed by atoms with Gasteiger partial charge in [0.2, 0.25) is 0 Å². The molecule has 0 unspecified atom stereocenters. The highest BCUT2D eigenvalue weighted by Crippen LogP contribution is 2.21. The summed E-state index contributed by atoms with van der Waals surface area (Å²) >= 11 is 5.90. The molecule has 0 fully saturated rings. The third-order valence-corrected chi connectivity index (χ3v) is 3.29. The number of aliphatic imine (C=N–C) groups is 1. The molecule has 0 atom stereocenters. The molecule has 1 aromatic carbocycles. The van der Waals surface area contributed by atoms with Crippen LogP contribution >= 0.6 is 11.6 Å². The van der Waals surface area contributed by atoms with Gasteiger partial charge in [0, 0.05) is 31.1 Å². The van der Waals surface area contributed by atoms with Gasteiger partial charge in [-0.3, -0.25) is 4.99 Å². The maximum atomic E-state index is 5.90. The number of nitrogens with two attached hydrogens (primary N) is 1. The second-order valence-electron chi connectivity index (χ2n) is 4.52. The number of hydrogen-bond donors (Lipinski definition) is 1. The standard InChI is InChI=1S/C15H24ClN3O/c1-4-19(5-2)15(17)18-9-6-10-20-14-8-7-13(16)11-12(14)3/h7-8,11H,4-6,9-10H2,1-3H3,(H2,17,18). The van der Waals surface area contributed by atoms with Crippen LogP contribution in [0.25, 0.3) is 0 Å². The van der Waals surface area contributed by atoms with Gasteiger partial charge >= 0.3 is 0 Å². The molecule has 0 aliphatic rings. The number of ether oxygens (including phenoxy) is 1. The smallest absolute Gasteiger partial charge is 0.191 e. The zero-order valence-corrected chi connectivity index (χ0v) is 13.3. The van der Waals surface area contributed by atoms with Crippen LogP contribution in [-0.4, -0.2) is 37.1 Å². The van der Waals surface area contributed by atoms with Gasteiger partial charge in [-0.1, -0.05) is 11.6 Å². The van der Waals surface area contributed by atoms with Crippen LogP contribution in [0.4, 0.5) is 0 Å². The topological polar surface area (TPSA) is 50.8 Å². The van der Waals surface area contributed by atoms with Crippen molar-refractivity contribution >= 4 is 17.6 Å². The van der Waals surface area contributed by atoms with E-state index in [1.807, 2.05) is 30.0 Å². The van der Waals surface area contributed by atoms with Crippen LogP contribution in [0, 0.1) is 6.92 Å². The lowest BCUT2D eigenvalue weighted by Crippen LogP contribution is -2.37. The maximum absolute atomic E-state index is 5.90. The van der Waals surface area contributed by atoms with Gasteiger partial charge < -0.3 is 15.4 Å². The fraction of sp³-hybridized carbons (Fsp3) is 0.533. The number of nitrogens with zero attached hydrogens (tertiary/aromatic N) is 2. The summed E-state index contributed by atoms with van der Waals surface area (Å²) in [5.41, 5.74) is 6.94. The van der Waals surface area contributed by atoms with Crippen LogP contribution < -0.4 is 10.5 Å². The first-order chi connectivity index (χ1) is 9.58. The average molecular weight is 298 g/mol. The first-order valence-electron chi connectivity index (χ1n) is 7.02. The molecule has 0 saturated heterocycles. The summed E-state index contributed by atoms with van der Waals surface area (Å²) in [6, 6.07) is 5.62. The van der Waals surface area contributed by atoms with E-state index in [1.54, 1.807) is 0 Å². The zero-order chi connectivity index (χ0) is 15.0. The predicted molar refractivity (Wildman–Crippen MR) is 85.7 cm³/mol. The van der Waals surface area contributed by atoms with Crippen LogP contribution in [0.1, 0.15) is 25.8 Å². The van der Waals surface area contributed by atoms with Gasteiger partial charge in [0.1, 0.15) is 5.75 Å². The molecule has 0 aliphatic heterocycles. The van der Waals surface area contributed by atoms with Crippen LogP contribution in [0.15, 0.2) is 23.2 Å². The fourth-order valence-corrected chi connectivity index (χ4v) is 2.09. The van der Waals surface area contributed by atoms with Gasteiger partial charge in [0.15, 0.2) is 5.96 Å². The van der Waals surface area contributed by atoms with E-state index in [4.69, 9.17) is 22.1 Å². The van der Waals surface area contributed by atoms with Gasteiger partial charge in [-0.15, -0.1) is 0 Å². The van der Waals surface area contributed by atoms with E-state index in [0.29, 0.717) is 19.1 Å². The van der Waals surface area contributed by atoms with E-state index < -0.39 is 0 Å². The number of hydrogen-bond acceptors (Lipinski definition) is 2. The van der Waals surface area contributed by atoms with Crippen molar-refractivity contribution in [2.45, 2.75) is 27.2 Å². The zero-order valence-electron chi connectivity index (χ0n) is 12.5. The van der Waals surface area contributed by atoms with Gasteiger partial charge in [-0.05, 0) is 44.5 Å². The molecule has 0 heterocycles. The summed E-state index contributed by atoms with van der Waals surface area (Å²) in [5, 5.41) is 0.728. The second kappa shape index (κ2) is 8.69. The monoisotopic (exact) mass is 297 g/mol. The number of rotatable bonds is 7. The van der Waals surface area contributed by atoms with E-state index in [1.165, 1.54) is 0 Å². The van der Waals surface area contributed by atoms with Crippen molar-refractivity contribution in [3.8, 4) is 5.75 Å². The summed E-state index contributed by atoms with van der Waals surface area (Å²) in [5.74, 6) is 1.48. The second-order valence-corrected chi connectivity index (χ2v) is 4.96. The van der Waals surface area contributed by atoms with Crippen LogP contribution in [0.3, 0.4) is 0 Å². The van der Waals surface area contributed by atoms with Crippen molar-refractivity contribution in [1.29, 1.82) is 0 Å². The molecule has 1 aromatic rings. The lowest BCUT2D eigenvalue weighted by molar-refractivity contribution is 0.311. The normalized spacial score (nSPS) is 11.5. The SMILES string of the molecule is CCN(CC)C(N)=NCCCOc1ccc(Cl)cc1C. The third-order valence-electron chi connectivity index (χ3n) is 3.06. The highest BCUT2D eigenvalue weighted by molar-refractivity contribution is 6.30. The summed E-state index contributed by atoms with van der Waals surface area (Å²) < 4.78 is 5.70. The van der Waals surface area contributed by atoms with Crippen molar-refractivity contribution in [3.05, 3.63) is 28.8 Å². The molecule has 0 saturated carbocycles. The highest BCUT2D eigenvalue weighted by atomic mass is 35.5. The molecule has 5 heteroatoms. The molecule has 20 heavy (non-hydrogen) atoms. The van der Waals surface area contributed by atoms with Crippen LogP contribution in [-0.2, 0) is 0 Å². The lowest BCUT2D eigenvalue weighted by Gasteiger charge is -2.19. The summed E-state index contributed by atoms with van der Waals surface area (Å²) in [4.78, 5) is 6.39. The van der Waals surface area contributed by atoms with Crippen molar-refractivity contribution in [3.63, 3.8) is 0 Å². The molecule has 0 radical (unpaired) electrons. The predicted octanol–water partition coefficient (Wildman–Crippen LogP) is 3.07. The number of benzene rings is 1. The van der Waals surface area contributed by atoms with E-state index in [0.717, 1.165) is 35.8 Å². The average Bonchev–Trinajstić information content (AvgIpc) is 2.42. The Morgan fingerprint density at radius 1 is 1.35 bits per heavy atom. The van der Waals surface area contributed by atoms with Crippen molar-refractivity contribution in [1.82, 2.24) is 4.90 Å². The molecule has 112 valence electrons. The minimum absolute atomic E-state index is 0.609. The first-order valence-corrected chi connectivity index (χ1v) is 7.40. The maximum Gasteiger partial charge on any atom is 0.191 e. The Kier molecular flexibility index (Phi) is 7.23. The van der Waals surface area contributed by atoms with Gasteiger partial charge in [0.05, 0.1) is 6.61 Å². The Bertz CT molecular complexity index is 445. The van der Waals surface area contributed by atoms with Crippen molar-refractivity contribution in [2.24, 2.45) is 10.7 Å². The fourth-order valence-electron chi connectivity index (χ4n) is 1.86. The van der Waals surface area contributed by atoms with E-state index in [9.17, 15) is 0 Å². The molecular formula is C15H24ClN3O. The summed E-state index contributed by atoms with van der Waals surface area (Å²) in [6.45, 7) is 9.18. The largest absolute Gasteiger partial charge is 0.493 e. The molecule has 4 nitrogen and oxygen atoms in total. The Hall–Kier alpha value is -1.42. The quantitative estimate of drug-likeness (QED) is 0.478. The third kappa shape index (κ3) is 5.29. The molecular weight excluding hydrogens is 274 g/mol. The van der Waals surface area contributed by atoms with Crippen LogP contribution in [0.5, 0.6) is 5.75 Å². The summed E-state index contributed by atoms with van der Waals surface area (Å²) in [6.07, 6.45) is 0.837. The van der Waals surface area contributed by atoms with Crippen molar-refractivity contribution < 1.29 is 4.74 Å². The number of halogens is 1. The van der Waals surface area contributed by atoms with Gasteiger partial charge in [0.25, 0.3) is 0 Å². The highest BCUT2D eigenvalue weighted by Gasteiger charge is 2.02. The lowest BCUT2D eigenvalue weighted by atomic mass is 10.2. The Morgan fingerprint density at radius 3 is 2.65 bits per heavy atom. The van der Waals surface area contributed by atoms with Crippen molar-refractivity contribution in [2.75, 3.05) is 26.2 Å². The number of guanidine groups is 1. The Morgan fingerprint density at radius 2 is 2.05 bits per heavy atom. The molecule has 1 rings (SSSR count). The molecule has 0 spiro atoms. The molecule has 0 bridgehead atoms. The van der Waals surface area contributed by atoms with E-state index >= 15 is 0 Å². The molecule has 2 N–H and O–H groups in total. The molecule has 0 amide bonds. The molecule has 0 aliphatic carbocycles. The molecule has 0 aromatic heterocycles. The Balaban J connectivity index is 2.33. The van der Waals surface area contributed by atoms with E-state index in [-0.39, 0.29) is 0 Å². The number of aryl methyl sites for hydroxylation is 1. The Labute approximate surface area is 126 Å². The summed E-state index contributed by atoms with van der Waals surface area (Å²) in [7, 11) is 0. The van der Waals surface area contributed by atoms with E-state index in [2.05, 4.69) is 18.8 Å². The minimum atomic E-state index is 0.609. The van der Waals surface area contributed by atoms with Gasteiger partial charge in [-0.2, -0.15) is 0 Å².